The summed E-state index contributed by atoms with van der Waals surface area (Å²) in [5.41, 5.74) is 3.43. The van der Waals surface area contributed by atoms with E-state index in [9.17, 15) is 4.79 Å². The number of amides is 1. The quantitative estimate of drug-likeness (QED) is 0.733. The maximum Gasteiger partial charge on any atom is 0.254 e. The summed E-state index contributed by atoms with van der Waals surface area (Å²) in [6.45, 7) is 1.32. The van der Waals surface area contributed by atoms with Crippen molar-refractivity contribution < 1.29 is 9.53 Å². The molecule has 3 heterocycles. The third-order valence-electron chi connectivity index (χ3n) is 4.08. The highest BCUT2D eigenvalue weighted by atomic mass is 32.1. The van der Waals surface area contributed by atoms with Crippen molar-refractivity contribution in [2.75, 3.05) is 13.1 Å². The Balaban J connectivity index is 1.47. The van der Waals surface area contributed by atoms with E-state index in [2.05, 4.69) is 15.2 Å². The van der Waals surface area contributed by atoms with Gasteiger partial charge < -0.3 is 9.64 Å². The van der Waals surface area contributed by atoms with E-state index in [1.165, 1.54) is 0 Å². The van der Waals surface area contributed by atoms with Crippen LogP contribution in [0.25, 0.3) is 10.2 Å². The fraction of sp³-hybridized carbons (Fsp3) is 0.294. The van der Waals surface area contributed by atoms with Crippen LogP contribution < -0.4 is 4.74 Å². The van der Waals surface area contributed by atoms with Gasteiger partial charge in [0.2, 0.25) is 5.88 Å². The van der Waals surface area contributed by atoms with Crippen molar-refractivity contribution in [3.05, 3.63) is 47.6 Å². The molecule has 2 aromatic heterocycles. The van der Waals surface area contributed by atoms with Crippen LogP contribution in [0, 0.1) is 0 Å². The number of hydrogen-bond donors (Lipinski definition) is 0. The zero-order valence-electron chi connectivity index (χ0n) is 13.0. The van der Waals surface area contributed by atoms with Crippen molar-refractivity contribution in [2.24, 2.45) is 0 Å². The molecule has 1 amide bonds. The maximum atomic E-state index is 12.8. The first-order valence-electron chi connectivity index (χ1n) is 7.86. The van der Waals surface area contributed by atoms with Gasteiger partial charge in [0.1, 0.15) is 6.10 Å². The highest BCUT2D eigenvalue weighted by Crippen LogP contribution is 2.22. The van der Waals surface area contributed by atoms with Crippen LogP contribution in [0.3, 0.4) is 0 Å². The summed E-state index contributed by atoms with van der Waals surface area (Å²) in [4.78, 5) is 18.9. The van der Waals surface area contributed by atoms with Crippen molar-refractivity contribution in [1.82, 2.24) is 20.1 Å². The summed E-state index contributed by atoms with van der Waals surface area (Å²) in [5.74, 6) is 0.542. The molecular formula is C17H16N4O2S. The van der Waals surface area contributed by atoms with Crippen LogP contribution in [0.15, 0.2) is 42.0 Å². The van der Waals surface area contributed by atoms with Crippen LogP contribution in [-0.2, 0) is 0 Å². The molecule has 0 N–H and O–H groups in total. The Hall–Kier alpha value is -2.54. The topological polar surface area (TPSA) is 68.2 Å². The minimum atomic E-state index is -0.0495. The Labute approximate surface area is 143 Å². The first-order chi connectivity index (χ1) is 11.8. The number of aromatic nitrogens is 3. The minimum Gasteiger partial charge on any atom is -0.471 e. The van der Waals surface area contributed by atoms with Gasteiger partial charge in [-0.3, -0.25) is 4.79 Å². The van der Waals surface area contributed by atoms with Crippen molar-refractivity contribution in [2.45, 2.75) is 18.9 Å². The number of nitrogens with zero attached hydrogens (tertiary/aromatic N) is 4. The molecule has 0 aliphatic carbocycles. The number of carbonyl (C=O) groups excluding carboxylic acids is 1. The lowest BCUT2D eigenvalue weighted by atomic mass is 10.1. The molecule has 0 unspecified atom stereocenters. The van der Waals surface area contributed by atoms with Gasteiger partial charge in [0.05, 0.1) is 22.3 Å². The predicted molar refractivity (Wildman–Crippen MR) is 91.2 cm³/mol. The van der Waals surface area contributed by atoms with E-state index in [4.69, 9.17) is 4.74 Å². The molecule has 0 saturated carbocycles. The van der Waals surface area contributed by atoms with Gasteiger partial charge in [-0.25, -0.2) is 4.98 Å². The molecule has 3 aromatic rings. The first-order valence-corrected chi connectivity index (χ1v) is 8.74. The molecule has 1 aromatic carbocycles. The van der Waals surface area contributed by atoms with Crippen LogP contribution in [0.4, 0.5) is 0 Å². The molecule has 0 spiro atoms. The van der Waals surface area contributed by atoms with Crippen LogP contribution in [0.5, 0.6) is 5.88 Å². The lowest BCUT2D eigenvalue weighted by molar-refractivity contribution is 0.0525. The maximum absolute atomic E-state index is 12.8. The summed E-state index contributed by atoms with van der Waals surface area (Å²) in [5, 5.41) is 7.76. The lowest BCUT2D eigenvalue weighted by Crippen LogP contribution is -2.44. The molecule has 7 heteroatoms. The van der Waals surface area contributed by atoms with Crippen molar-refractivity contribution in [3.63, 3.8) is 0 Å². The average Bonchev–Trinajstić information content (AvgIpc) is 3.10. The number of piperidine rings is 1. The SMILES string of the molecule is O=C(c1ccc2ncsc2c1)N1CCC[C@H](Oc2cccnn2)C1. The van der Waals surface area contributed by atoms with Crippen LogP contribution >= 0.6 is 11.3 Å². The second kappa shape index (κ2) is 6.52. The Kier molecular flexibility index (Phi) is 4.08. The number of likely N-dealkylation sites (tertiary alicyclic amines) is 1. The normalized spacial score (nSPS) is 17.8. The second-order valence-corrected chi connectivity index (χ2v) is 6.62. The molecular weight excluding hydrogens is 324 g/mol. The van der Waals surface area contributed by atoms with Gasteiger partial charge in [-0.15, -0.1) is 16.4 Å². The Morgan fingerprint density at radius 1 is 1.33 bits per heavy atom. The Morgan fingerprint density at radius 2 is 2.29 bits per heavy atom. The number of hydrogen-bond acceptors (Lipinski definition) is 6. The zero-order valence-corrected chi connectivity index (χ0v) is 13.8. The highest BCUT2D eigenvalue weighted by Gasteiger charge is 2.26. The van der Waals surface area contributed by atoms with E-state index in [-0.39, 0.29) is 12.0 Å². The molecule has 1 aliphatic heterocycles. The summed E-state index contributed by atoms with van der Waals surface area (Å²) >= 11 is 1.55. The number of fused-ring (bicyclic) bond motifs is 1. The van der Waals surface area contributed by atoms with Gasteiger partial charge in [-0.1, -0.05) is 0 Å². The molecule has 6 nitrogen and oxygen atoms in total. The zero-order chi connectivity index (χ0) is 16.4. The van der Waals surface area contributed by atoms with Gasteiger partial charge in [-0.05, 0) is 37.1 Å². The highest BCUT2D eigenvalue weighted by molar-refractivity contribution is 7.16. The molecule has 24 heavy (non-hydrogen) atoms. The summed E-state index contributed by atoms with van der Waals surface area (Å²) in [6.07, 6.45) is 3.39. The summed E-state index contributed by atoms with van der Waals surface area (Å²) in [6, 6.07) is 9.24. The monoisotopic (exact) mass is 340 g/mol. The lowest BCUT2D eigenvalue weighted by Gasteiger charge is -2.32. The number of benzene rings is 1. The predicted octanol–water partition coefficient (Wildman–Crippen LogP) is 2.77. The fourth-order valence-electron chi connectivity index (χ4n) is 2.91. The Bertz CT molecular complexity index is 852. The number of ether oxygens (including phenoxy) is 1. The molecule has 4 rings (SSSR count). The molecule has 1 atom stereocenters. The Morgan fingerprint density at radius 3 is 3.17 bits per heavy atom. The van der Waals surface area contributed by atoms with E-state index in [0.29, 0.717) is 18.0 Å². The van der Waals surface area contributed by atoms with Crippen LogP contribution in [0.2, 0.25) is 0 Å². The van der Waals surface area contributed by atoms with Crippen molar-refractivity contribution >= 4 is 27.5 Å². The average molecular weight is 340 g/mol. The van der Waals surface area contributed by atoms with Crippen LogP contribution in [-0.4, -0.2) is 45.2 Å². The van der Waals surface area contributed by atoms with Gasteiger partial charge in [0, 0.05) is 24.4 Å². The van der Waals surface area contributed by atoms with E-state index < -0.39 is 0 Å². The van der Waals surface area contributed by atoms with Gasteiger partial charge in [0.15, 0.2) is 0 Å². The summed E-state index contributed by atoms with van der Waals surface area (Å²) < 4.78 is 6.89. The molecule has 0 radical (unpaired) electrons. The van der Waals surface area contributed by atoms with E-state index in [1.807, 2.05) is 23.1 Å². The second-order valence-electron chi connectivity index (χ2n) is 5.73. The van der Waals surface area contributed by atoms with Crippen LogP contribution in [0.1, 0.15) is 23.2 Å². The van der Waals surface area contributed by atoms with Gasteiger partial charge >= 0.3 is 0 Å². The largest absolute Gasteiger partial charge is 0.471 e. The van der Waals surface area contributed by atoms with E-state index >= 15 is 0 Å². The fourth-order valence-corrected chi connectivity index (χ4v) is 3.63. The number of thiazole rings is 1. The number of carbonyl (C=O) groups is 1. The van der Waals surface area contributed by atoms with Crippen molar-refractivity contribution in [1.29, 1.82) is 0 Å². The van der Waals surface area contributed by atoms with Gasteiger partial charge in [-0.2, -0.15) is 5.10 Å². The molecule has 1 saturated heterocycles. The molecule has 1 fully saturated rings. The van der Waals surface area contributed by atoms with E-state index in [0.717, 1.165) is 29.6 Å². The first kappa shape index (κ1) is 15.0. The smallest absolute Gasteiger partial charge is 0.254 e. The summed E-state index contributed by atoms with van der Waals surface area (Å²) in [7, 11) is 0. The van der Waals surface area contributed by atoms with Gasteiger partial charge in [0.25, 0.3) is 5.91 Å². The molecule has 1 aliphatic rings. The standard InChI is InChI=1S/C17H16N4O2S/c22-17(12-5-6-14-15(9-12)24-11-18-14)21-8-2-3-13(10-21)23-16-4-1-7-19-20-16/h1,4-7,9,11,13H,2-3,8,10H2/t13-/m0/s1. The molecule has 0 bridgehead atoms. The minimum absolute atomic E-state index is 0.0396. The van der Waals surface area contributed by atoms with E-state index in [1.54, 1.807) is 35.2 Å². The van der Waals surface area contributed by atoms with Crippen molar-refractivity contribution in [3.8, 4) is 5.88 Å². The number of rotatable bonds is 3. The third-order valence-corrected chi connectivity index (χ3v) is 4.87. The third kappa shape index (κ3) is 3.07. The molecule has 122 valence electrons.